The molecule has 0 spiro atoms. The fourth-order valence-electron chi connectivity index (χ4n) is 2.69. The first kappa shape index (κ1) is 34.9. The summed E-state index contributed by atoms with van der Waals surface area (Å²) in [7, 11) is 0. The van der Waals surface area contributed by atoms with E-state index < -0.39 is 18.2 Å². The number of rotatable bonds is 18. The summed E-state index contributed by atoms with van der Waals surface area (Å²) in [5.41, 5.74) is 0. The van der Waals surface area contributed by atoms with E-state index in [0.717, 1.165) is 12.8 Å². The summed E-state index contributed by atoms with van der Waals surface area (Å²) in [5.74, 6) is -0.510. The van der Waals surface area contributed by atoms with Crippen molar-refractivity contribution in [2.75, 3.05) is 13.2 Å². The molecule has 0 aromatic heterocycles. The summed E-state index contributed by atoms with van der Waals surface area (Å²) in [6.07, 6.45) is 18.9. The van der Waals surface area contributed by atoms with Crippen LogP contribution in [-0.4, -0.2) is 57.1 Å². The number of unbranched alkanes of at least 4 members (excludes halogenated alkanes) is 14. The zero-order chi connectivity index (χ0) is 24.2. The van der Waals surface area contributed by atoms with Crippen LogP contribution in [-0.2, 0) is 9.68 Å². The van der Waals surface area contributed by atoms with E-state index in [2.05, 4.69) is 11.8 Å². The highest BCUT2D eigenvalue weighted by atomic mass is 17.1. The molecular formula is C24H52O7. The number of carbonyl (C=O) groups is 1. The van der Waals surface area contributed by atoms with E-state index in [1.807, 2.05) is 0 Å². The molecule has 0 rings (SSSR count). The molecule has 2 atom stereocenters. The van der Waals surface area contributed by atoms with Gasteiger partial charge in [-0.15, -0.1) is 0 Å². The lowest BCUT2D eigenvalue weighted by molar-refractivity contribution is -0.234. The topological polar surface area (TPSA) is 127 Å². The van der Waals surface area contributed by atoms with E-state index in [-0.39, 0.29) is 13.2 Å². The summed E-state index contributed by atoms with van der Waals surface area (Å²) in [4.78, 5) is 14.3. The average Bonchev–Trinajstić information content (AvgIpc) is 2.76. The molecule has 190 valence electrons. The minimum atomic E-state index is -0.560. The Hall–Kier alpha value is -0.730. The minimum absolute atomic E-state index is 0.139. The van der Waals surface area contributed by atoms with E-state index in [1.54, 1.807) is 0 Å². The molecule has 31 heavy (non-hydrogen) atoms. The highest BCUT2D eigenvalue weighted by Gasteiger charge is 2.00. The summed E-state index contributed by atoms with van der Waals surface area (Å²) in [6.45, 7) is 5.04. The highest BCUT2D eigenvalue weighted by Crippen LogP contribution is 2.13. The molecule has 0 aromatic rings. The van der Waals surface area contributed by atoms with Crippen LogP contribution in [0.25, 0.3) is 0 Å². The van der Waals surface area contributed by atoms with Crippen LogP contribution in [0.4, 0.5) is 0 Å². The van der Waals surface area contributed by atoms with Crippen molar-refractivity contribution < 1.29 is 35.4 Å². The zero-order valence-corrected chi connectivity index (χ0v) is 20.4. The first-order valence-electron chi connectivity index (χ1n) is 12.3. The Morgan fingerprint density at radius 3 is 1.13 bits per heavy atom. The van der Waals surface area contributed by atoms with Crippen LogP contribution in [0.1, 0.15) is 124 Å². The second-order valence-electron chi connectivity index (χ2n) is 8.23. The van der Waals surface area contributed by atoms with Crippen molar-refractivity contribution in [1.82, 2.24) is 0 Å². The standard InChI is InChI=1S/C18H36O3.2C3H8O2/c1-2-3-4-5-6-7-8-9-10-11-12-13-14-15-16-17-18(19)21-20;2*1-3(5)2-4/h20H,2-17H2,1H3;2*3-5H,2H2,1H3. The van der Waals surface area contributed by atoms with Gasteiger partial charge in [0, 0.05) is 6.42 Å². The molecule has 0 fully saturated rings. The monoisotopic (exact) mass is 452 g/mol. The normalized spacial score (nSPS) is 12.1. The molecule has 0 saturated carbocycles. The van der Waals surface area contributed by atoms with Crippen LogP contribution in [0.5, 0.6) is 0 Å². The van der Waals surface area contributed by atoms with Gasteiger partial charge in [-0.25, -0.2) is 4.79 Å². The number of hydrogen-bond acceptors (Lipinski definition) is 7. The molecule has 0 bridgehead atoms. The Morgan fingerprint density at radius 2 is 0.903 bits per heavy atom. The van der Waals surface area contributed by atoms with Crippen molar-refractivity contribution in [1.29, 1.82) is 0 Å². The Balaban J connectivity index is -0.000000646. The number of hydrogen-bond donors (Lipinski definition) is 5. The third kappa shape index (κ3) is 43.9. The first-order chi connectivity index (χ1) is 14.8. The van der Waals surface area contributed by atoms with Gasteiger partial charge in [0.25, 0.3) is 0 Å². The molecule has 5 N–H and O–H groups in total. The van der Waals surface area contributed by atoms with Gasteiger partial charge in [-0.3, -0.25) is 0 Å². The second kappa shape index (κ2) is 31.5. The lowest BCUT2D eigenvalue weighted by atomic mass is 10.0. The maximum absolute atomic E-state index is 10.7. The Kier molecular flexibility index (Phi) is 35.4. The van der Waals surface area contributed by atoms with Gasteiger partial charge in [-0.05, 0) is 20.3 Å². The van der Waals surface area contributed by atoms with Crippen LogP contribution in [0.3, 0.4) is 0 Å². The Bertz CT molecular complexity index is 315. The maximum atomic E-state index is 10.7. The molecule has 2 unspecified atom stereocenters. The van der Waals surface area contributed by atoms with Gasteiger partial charge >= 0.3 is 5.97 Å². The zero-order valence-electron chi connectivity index (χ0n) is 20.4. The fraction of sp³-hybridized carbons (Fsp3) is 0.958. The summed E-state index contributed by atoms with van der Waals surface area (Å²) in [5, 5.41) is 40.1. The molecule has 0 aromatic carbocycles. The molecule has 0 heterocycles. The van der Waals surface area contributed by atoms with Gasteiger partial charge in [0.1, 0.15) is 0 Å². The van der Waals surface area contributed by atoms with Crippen LogP contribution in [0.2, 0.25) is 0 Å². The van der Waals surface area contributed by atoms with Gasteiger partial charge < -0.3 is 25.3 Å². The van der Waals surface area contributed by atoms with Crippen LogP contribution < -0.4 is 0 Å². The third-order valence-electron chi connectivity index (χ3n) is 4.61. The third-order valence-corrected chi connectivity index (χ3v) is 4.61. The van der Waals surface area contributed by atoms with Crippen molar-refractivity contribution in [3.8, 4) is 0 Å². The SMILES string of the molecule is CC(O)CO.CC(O)CO.CCCCCCCCCCCCCCCCCC(=O)OO. The molecular weight excluding hydrogens is 400 g/mol. The lowest BCUT2D eigenvalue weighted by Crippen LogP contribution is -2.03. The van der Waals surface area contributed by atoms with Gasteiger partial charge in [0.2, 0.25) is 0 Å². The second-order valence-corrected chi connectivity index (χ2v) is 8.23. The molecule has 0 amide bonds. The fourth-order valence-corrected chi connectivity index (χ4v) is 2.69. The van der Waals surface area contributed by atoms with Crippen LogP contribution >= 0.6 is 0 Å². The van der Waals surface area contributed by atoms with E-state index in [9.17, 15) is 4.79 Å². The number of carbonyl (C=O) groups excluding carboxylic acids is 1. The highest BCUT2D eigenvalue weighted by molar-refractivity contribution is 5.68. The summed E-state index contributed by atoms with van der Waals surface area (Å²) >= 11 is 0. The van der Waals surface area contributed by atoms with Crippen molar-refractivity contribution in [3.63, 3.8) is 0 Å². The lowest BCUT2D eigenvalue weighted by Gasteiger charge is -2.03. The first-order valence-corrected chi connectivity index (χ1v) is 12.3. The van der Waals surface area contributed by atoms with Gasteiger partial charge in [-0.1, -0.05) is 96.8 Å². The van der Waals surface area contributed by atoms with Crippen molar-refractivity contribution >= 4 is 5.97 Å². The van der Waals surface area contributed by atoms with E-state index in [1.165, 1.54) is 97.3 Å². The van der Waals surface area contributed by atoms with Gasteiger partial charge in [-0.2, -0.15) is 5.26 Å². The van der Waals surface area contributed by atoms with Crippen LogP contribution in [0.15, 0.2) is 0 Å². The van der Waals surface area contributed by atoms with Gasteiger partial charge in [0.05, 0.1) is 25.4 Å². The smallest absolute Gasteiger partial charge is 0.342 e. The molecule has 0 radical (unpaired) electrons. The Morgan fingerprint density at radius 1 is 0.645 bits per heavy atom. The molecule has 0 aliphatic rings. The van der Waals surface area contributed by atoms with Crippen molar-refractivity contribution in [2.24, 2.45) is 0 Å². The average molecular weight is 453 g/mol. The Labute approximate surface area is 190 Å². The molecule has 7 nitrogen and oxygen atoms in total. The minimum Gasteiger partial charge on any atom is -0.394 e. The number of aliphatic hydroxyl groups excluding tert-OH is 4. The molecule has 0 saturated heterocycles. The molecule has 0 aliphatic heterocycles. The quantitative estimate of drug-likeness (QED) is 0.113. The number of aliphatic hydroxyl groups is 4. The molecule has 0 aliphatic carbocycles. The largest absolute Gasteiger partial charge is 0.394 e. The maximum Gasteiger partial charge on any atom is 0.342 e. The van der Waals surface area contributed by atoms with Crippen LogP contribution in [0, 0.1) is 0 Å². The predicted molar refractivity (Wildman–Crippen MR) is 126 cm³/mol. The van der Waals surface area contributed by atoms with E-state index in [0.29, 0.717) is 6.42 Å². The van der Waals surface area contributed by atoms with E-state index in [4.69, 9.17) is 25.7 Å². The summed E-state index contributed by atoms with van der Waals surface area (Å²) in [6, 6.07) is 0. The molecule has 7 heteroatoms. The van der Waals surface area contributed by atoms with E-state index >= 15 is 0 Å². The van der Waals surface area contributed by atoms with Crippen molar-refractivity contribution in [2.45, 2.75) is 136 Å². The van der Waals surface area contributed by atoms with Gasteiger partial charge in [0.15, 0.2) is 0 Å². The summed E-state index contributed by atoms with van der Waals surface area (Å²) < 4.78 is 0. The predicted octanol–water partition coefficient (Wildman–Crippen LogP) is 4.98. The van der Waals surface area contributed by atoms with Crippen molar-refractivity contribution in [3.05, 3.63) is 0 Å².